The molecule has 0 bridgehead atoms. The molecule has 0 amide bonds. The number of rotatable bonds is 4. The van der Waals surface area contributed by atoms with Crippen LogP contribution in [0, 0.1) is 6.92 Å². The van der Waals surface area contributed by atoms with Crippen LogP contribution in [0.4, 0.5) is 0 Å². The predicted octanol–water partition coefficient (Wildman–Crippen LogP) is 0.599. The monoisotopic (exact) mass is 245 g/mol. The molecule has 5 heteroatoms. The first-order valence-electron chi connectivity index (χ1n) is 5.79. The molecule has 0 fully saturated rings. The first-order chi connectivity index (χ1) is 8.70. The van der Waals surface area contributed by atoms with Gasteiger partial charge in [0.05, 0.1) is 0 Å². The maximum atomic E-state index is 11.8. The van der Waals surface area contributed by atoms with Crippen molar-refractivity contribution in [1.29, 1.82) is 0 Å². The predicted molar refractivity (Wildman–Crippen MR) is 67.4 cm³/mol. The molecule has 2 heterocycles. The standard InChI is InChI=1S/C13H15N3O2/c1-9-11(4-7-17)13(18)16-12(15-9)8-10-2-5-14-6-3-10/h2-3,5-6,17H,4,7-8H2,1H3,(H,15,16,18). The molecule has 0 aromatic carbocycles. The Morgan fingerprint density at radius 1 is 1.33 bits per heavy atom. The fraction of sp³-hybridized carbons (Fsp3) is 0.308. The Labute approximate surface area is 105 Å². The van der Waals surface area contributed by atoms with E-state index in [2.05, 4.69) is 15.0 Å². The summed E-state index contributed by atoms with van der Waals surface area (Å²) in [5.74, 6) is 0.630. The topological polar surface area (TPSA) is 78.9 Å². The summed E-state index contributed by atoms with van der Waals surface area (Å²) in [4.78, 5) is 22.9. The normalized spacial score (nSPS) is 10.6. The molecule has 0 atom stereocenters. The second kappa shape index (κ2) is 5.55. The summed E-state index contributed by atoms with van der Waals surface area (Å²) in [6.45, 7) is 1.74. The molecule has 18 heavy (non-hydrogen) atoms. The summed E-state index contributed by atoms with van der Waals surface area (Å²) in [5.41, 5.74) is 2.11. The molecule has 0 aliphatic heterocycles. The molecule has 0 saturated carbocycles. The highest BCUT2D eigenvalue weighted by atomic mass is 16.3. The third-order valence-corrected chi connectivity index (χ3v) is 2.75. The number of aryl methyl sites for hydroxylation is 1. The lowest BCUT2D eigenvalue weighted by molar-refractivity contribution is 0.298. The van der Waals surface area contributed by atoms with Gasteiger partial charge in [-0.2, -0.15) is 0 Å². The van der Waals surface area contributed by atoms with Crippen molar-refractivity contribution < 1.29 is 5.11 Å². The number of hydrogen-bond acceptors (Lipinski definition) is 4. The van der Waals surface area contributed by atoms with Crippen molar-refractivity contribution in [2.24, 2.45) is 0 Å². The molecule has 0 saturated heterocycles. The molecule has 2 aromatic heterocycles. The Balaban J connectivity index is 2.28. The molecule has 0 radical (unpaired) electrons. The molecule has 0 aliphatic rings. The van der Waals surface area contributed by atoms with E-state index in [1.54, 1.807) is 19.3 Å². The Bertz CT molecular complexity index is 579. The number of nitrogens with zero attached hydrogens (tertiary/aromatic N) is 2. The third kappa shape index (κ3) is 2.81. The van der Waals surface area contributed by atoms with Crippen LogP contribution in [0.3, 0.4) is 0 Å². The molecule has 0 unspecified atom stereocenters. The zero-order valence-electron chi connectivity index (χ0n) is 10.2. The summed E-state index contributed by atoms with van der Waals surface area (Å²) in [7, 11) is 0. The number of aliphatic hydroxyl groups is 1. The average molecular weight is 245 g/mol. The molecular weight excluding hydrogens is 230 g/mol. The smallest absolute Gasteiger partial charge is 0.254 e. The van der Waals surface area contributed by atoms with Crippen molar-refractivity contribution in [2.75, 3.05) is 6.61 Å². The lowest BCUT2D eigenvalue weighted by Crippen LogP contribution is -2.20. The van der Waals surface area contributed by atoms with Gasteiger partial charge in [-0.05, 0) is 24.6 Å². The summed E-state index contributed by atoms with van der Waals surface area (Å²) >= 11 is 0. The minimum atomic E-state index is -0.166. The summed E-state index contributed by atoms with van der Waals surface area (Å²) in [6.07, 6.45) is 4.32. The highest BCUT2D eigenvalue weighted by Crippen LogP contribution is 2.05. The Morgan fingerprint density at radius 3 is 2.67 bits per heavy atom. The van der Waals surface area contributed by atoms with Crippen LogP contribution in [-0.2, 0) is 12.8 Å². The van der Waals surface area contributed by atoms with Gasteiger partial charge in [-0.3, -0.25) is 9.78 Å². The van der Waals surface area contributed by atoms with Crippen molar-refractivity contribution in [3.63, 3.8) is 0 Å². The molecule has 2 aromatic rings. The minimum absolute atomic E-state index is 0.0463. The Morgan fingerprint density at radius 2 is 2.06 bits per heavy atom. The van der Waals surface area contributed by atoms with Gasteiger partial charge in [-0.1, -0.05) is 0 Å². The number of H-pyrrole nitrogens is 1. The van der Waals surface area contributed by atoms with Gasteiger partial charge in [0.1, 0.15) is 5.82 Å². The van der Waals surface area contributed by atoms with Crippen LogP contribution in [0.1, 0.15) is 22.6 Å². The van der Waals surface area contributed by atoms with Crippen molar-refractivity contribution in [3.8, 4) is 0 Å². The lowest BCUT2D eigenvalue weighted by atomic mass is 10.1. The van der Waals surface area contributed by atoms with Gasteiger partial charge in [0, 0.05) is 43.1 Å². The van der Waals surface area contributed by atoms with Gasteiger partial charge < -0.3 is 10.1 Å². The highest BCUT2D eigenvalue weighted by molar-refractivity contribution is 5.20. The maximum absolute atomic E-state index is 11.8. The summed E-state index contributed by atoms with van der Waals surface area (Å²) < 4.78 is 0. The quantitative estimate of drug-likeness (QED) is 0.826. The van der Waals surface area contributed by atoms with Crippen LogP contribution in [0.2, 0.25) is 0 Å². The fourth-order valence-corrected chi connectivity index (χ4v) is 1.85. The van der Waals surface area contributed by atoms with Crippen molar-refractivity contribution in [3.05, 3.63) is 57.5 Å². The van der Waals surface area contributed by atoms with Crippen LogP contribution in [0.15, 0.2) is 29.3 Å². The maximum Gasteiger partial charge on any atom is 0.254 e. The highest BCUT2D eigenvalue weighted by Gasteiger charge is 2.07. The van der Waals surface area contributed by atoms with E-state index in [0.717, 1.165) is 5.56 Å². The number of aromatic nitrogens is 3. The van der Waals surface area contributed by atoms with Crippen LogP contribution in [0.25, 0.3) is 0 Å². The van der Waals surface area contributed by atoms with Crippen molar-refractivity contribution in [1.82, 2.24) is 15.0 Å². The number of nitrogens with one attached hydrogen (secondary N) is 1. The first kappa shape index (κ1) is 12.4. The number of pyridine rings is 1. The van der Waals surface area contributed by atoms with Crippen LogP contribution in [-0.4, -0.2) is 26.7 Å². The summed E-state index contributed by atoms with van der Waals surface area (Å²) in [6, 6.07) is 3.77. The van der Waals surface area contributed by atoms with Crippen LogP contribution in [0.5, 0.6) is 0 Å². The molecule has 2 N–H and O–H groups in total. The van der Waals surface area contributed by atoms with E-state index in [-0.39, 0.29) is 12.2 Å². The number of aromatic amines is 1. The van der Waals surface area contributed by atoms with E-state index in [1.807, 2.05) is 12.1 Å². The van der Waals surface area contributed by atoms with Gasteiger partial charge in [-0.25, -0.2) is 4.98 Å². The lowest BCUT2D eigenvalue weighted by Gasteiger charge is -2.06. The number of hydrogen-bond donors (Lipinski definition) is 2. The third-order valence-electron chi connectivity index (χ3n) is 2.75. The molecule has 5 nitrogen and oxygen atoms in total. The molecule has 2 rings (SSSR count). The largest absolute Gasteiger partial charge is 0.396 e. The first-order valence-corrected chi connectivity index (χ1v) is 5.79. The Hall–Kier alpha value is -2.01. The molecule has 94 valence electrons. The van der Waals surface area contributed by atoms with Gasteiger partial charge in [0.15, 0.2) is 0 Å². The van der Waals surface area contributed by atoms with Gasteiger partial charge in [0.25, 0.3) is 5.56 Å². The van der Waals surface area contributed by atoms with Gasteiger partial charge in [-0.15, -0.1) is 0 Å². The van der Waals surface area contributed by atoms with Crippen molar-refractivity contribution >= 4 is 0 Å². The SMILES string of the molecule is Cc1nc(Cc2ccncc2)[nH]c(=O)c1CCO. The number of aliphatic hydroxyl groups excluding tert-OH is 1. The van der Waals surface area contributed by atoms with E-state index >= 15 is 0 Å². The minimum Gasteiger partial charge on any atom is -0.396 e. The van der Waals surface area contributed by atoms with Gasteiger partial charge in [0.2, 0.25) is 0 Å². The molecular formula is C13H15N3O2. The van der Waals surface area contributed by atoms with E-state index in [1.165, 1.54) is 0 Å². The fourth-order valence-electron chi connectivity index (χ4n) is 1.85. The molecule has 0 aliphatic carbocycles. The second-order valence-electron chi connectivity index (χ2n) is 4.08. The average Bonchev–Trinajstić information content (AvgIpc) is 2.35. The van der Waals surface area contributed by atoms with Crippen molar-refractivity contribution in [2.45, 2.75) is 19.8 Å². The zero-order valence-corrected chi connectivity index (χ0v) is 10.2. The van der Waals surface area contributed by atoms with Crippen LogP contribution < -0.4 is 5.56 Å². The second-order valence-corrected chi connectivity index (χ2v) is 4.08. The van der Waals surface area contributed by atoms with E-state index < -0.39 is 0 Å². The van der Waals surface area contributed by atoms with E-state index in [0.29, 0.717) is 29.9 Å². The Kier molecular flexibility index (Phi) is 3.84. The van der Waals surface area contributed by atoms with E-state index in [9.17, 15) is 4.79 Å². The zero-order chi connectivity index (χ0) is 13.0. The van der Waals surface area contributed by atoms with E-state index in [4.69, 9.17) is 5.11 Å². The van der Waals surface area contributed by atoms with Gasteiger partial charge >= 0.3 is 0 Å². The van der Waals surface area contributed by atoms with Crippen LogP contribution >= 0.6 is 0 Å². The molecule has 0 spiro atoms. The summed E-state index contributed by atoms with van der Waals surface area (Å²) in [5, 5.41) is 8.89.